The average Bonchev–Trinajstić information content (AvgIpc) is 3.44. The number of hydrogen-bond donors (Lipinski definition) is 1. The number of anilines is 1. The molecule has 1 atom stereocenters. The third kappa shape index (κ3) is 5.16. The summed E-state index contributed by atoms with van der Waals surface area (Å²) in [6.45, 7) is 6.95. The van der Waals surface area contributed by atoms with Crippen molar-refractivity contribution in [2.24, 2.45) is 5.92 Å². The summed E-state index contributed by atoms with van der Waals surface area (Å²) in [5.74, 6) is 2.31. The van der Waals surface area contributed by atoms with Gasteiger partial charge in [0.05, 0.1) is 25.2 Å². The summed E-state index contributed by atoms with van der Waals surface area (Å²) in [6, 6.07) is 16.7. The van der Waals surface area contributed by atoms with E-state index >= 15 is 0 Å². The normalized spacial score (nSPS) is 16.3. The maximum atomic E-state index is 6.26. The predicted octanol–water partition coefficient (Wildman–Crippen LogP) is 4.99. The Balaban J connectivity index is 1.29. The van der Waals surface area contributed by atoms with Gasteiger partial charge in [-0.3, -0.25) is 4.90 Å². The molecule has 34 heavy (non-hydrogen) atoms. The zero-order valence-electron chi connectivity index (χ0n) is 19.5. The molecule has 8 heteroatoms. The quantitative estimate of drug-likeness (QED) is 0.361. The molecule has 4 aromatic rings. The fourth-order valence-electron chi connectivity index (χ4n) is 4.46. The van der Waals surface area contributed by atoms with Crippen molar-refractivity contribution in [1.29, 1.82) is 0 Å². The van der Waals surface area contributed by atoms with Crippen LogP contribution < -0.4 is 10.1 Å². The minimum absolute atomic E-state index is 0.196. The number of rotatable bonds is 8. The summed E-state index contributed by atoms with van der Waals surface area (Å²) in [4.78, 5) is 11.4. The molecule has 0 spiro atoms. The zero-order valence-corrected chi connectivity index (χ0v) is 20.3. The molecule has 5 rings (SSSR count). The fraction of sp³-hybridized carbons (Fsp3) is 0.346. The summed E-state index contributed by atoms with van der Waals surface area (Å²) in [6.07, 6.45) is 3.09. The smallest absolute Gasteiger partial charge is 0.226 e. The van der Waals surface area contributed by atoms with Crippen LogP contribution in [0.15, 0.2) is 54.7 Å². The van der Waals surface area contributed by atoms with E-state index in [0.717, 1.165) is 29.2 Å². The maximum Gasteiger partial charge on any atom is 0.226 e. The Hall–Kier alpha value is -3.16. The van der Waals surface area contributed by atoms with Crippen LogP contribution in [-0.4, -0.2) is 44.8 Å². The minimum Gasteiger partial charge on any atom is -0.497 e. The number of nitrogens with one attached hydrogen (secondary N) is 1. The van der Waals surface area contributed by atoms with Crippen LogP contribution in [0.4, 0.5) is 5.82 Å². The van der Waals surface area contributed by atoms with Gasteiger partial charge in [0, 0.05) is 19.6 Å². The minimum atomic E-state index is 0.196. The highest BCUT2D eigenvalue weighted by Crippen LogP contribution is 2.24. The highest BCUT2D eigenvalue weighted by atomic mass is 35.5. The van der Waals surface area contributed by atoms with Gasteiger partial charge in [-0.05, 0) is 59.3 Å². The maximum absolute atomic E-state index is 6.26. The molecule has 1 fully saturated rings. The third-order valence-electron chi connectivity index (χ3n) is 6.36. The number of nitrogens with zero attached hydrogens (tertiary/aromatic N) is 5. The second-order valence-corrected chi connectivity index (χ2v) is 9.37. The lowest BCUT2D eigenvalue weighted by Crippen LogP contribution is -2.19. The molecule has 1 unspecified atom stereocenters. The van der Waals surface area contributed by atoms with Crippen molar-refractivity contribution >= 4 is 28.5 Å². The van der Waals surface area contributed by atoms with Gasteiger partial charge in [0.1, 0.15) is 11.6 Å². The molecular weight excluding hydrogens is 448 g/mol. The van der Waals surface area contributed by atoms with Gasteiger partial charge < -0.3 is 10.1 Å². The molecule has 0 amide bonds. The second kappa shape index (κ2) is 9.99. The molecule has 7 nitrogen and oxygen atoms in total. The molecule has 176 valence electrons. The first-order valence-electron chi connectivity index (χ1n) is 11.6. The Bertz CT molecular complexity index is 1260. The molecule has 1 saturated heterocycles. The lowest BCUT2D eigenvalue weighted by Gasteiger charge is -2.15. The number of fused-ring (bicyclic) bond motifs is 1. The van der Waals surface area contributed by atoms with Crippen LogP contribution in [0.2, 0.25) is 5.28 Å². The molecule has 2 aromatic carbocycles. The second-order valence-electron chi connectivity index (χ2n) is 9.03. The molecular formula is C26H29ClN6O. The summed E-state index contributed by atoms with van der Waals surface area (Å²) < 4.78 is 7.10. The molecule has 2 aromatic heterocycles. The van der Waals surface area contributed by atoms with Crippen LogP contribution in [0.25, 0.3) is 11.0 Å². The van der Waals surface area contributed by atoms with Crippen molar-refractivity contribution < 1.29 is 4.74 Å². The van der Waals surface area contributed by atoms with Gasteiger partial charge in [-0.2, -0.15) is 15.1 Å². The summed E-state index contributed by atoms with van der Waals surface area (Å²) in [5, 5.41) is 8.99. The van der Waals surface area contributed by atoms with Gasteiger partial charge in [-0.25, -0.2) is 4.68 Å². The molecule has 0 aliphatic carbocycles. The molecule has 1 N–H and O–H groups in total. The number of aromatic nitrogens is 4. The number of ether oxygens (including phenoxy) is 1. The van der Waals surface area contributed by atoms with Crippen molar-refractivity contribution in [3.63, 3.8) is 0 Å². The SMILES string of the molecule is COc1ccc(CNc2nc(Cl)nc3c2cnn3Cc2ccc(CN3CCC(C)C3)cc2)cc1. The van der Waals surface area contributed by atoms with E-state index in [1.807, 2.05) is 28.9 Å². The topological polar surface area (TPSA) is 68.1 Å². The van der Waals surface area contributed by atoms with Gasteiger partial charge >= 0.3 is 0 Å². The first kappa shape index (κ1) is 22.6. The van der Waals surface area contributed by atoms with Crippen LogP contribution in [0.5, 0.6) is 5.75 Å². The summed E-state index contributed by atoms with van der Waals surface area (Å²) in [7, 11) is 1.66. The Morgan fingerprint density at radius 1 is 1.00 bits per heavy atom. The average molecular weight is 477 g/mol. The lowest BCUT2D eigenvalue weighted by molar-refractivity contribution is 0.320. The Morgan fingerprint density at radius 3 is 2.38 bits per heavy atom. The summed E-state index contributed by atoms with van der Waals surface area (Å²) >= 11 is 6.26. The van der Waals surface area contributed by atoms with Crippen molar-refractivity contribution in [3.05, 3.63) is 76.7 Å². The van der Waals surface area contributed by atoms with Crippen LogP contribution in [0.3, 0.4) is 0 Å². The Labute approximate surface area is 204 Å². The van der Waals surface area contributed by atoms with E-state index < -0.39 is 0 Å². The largest absolute Gasteiger partial charge is 0.497 e. The number of methoxy groups -OCH3 is 1. The van der Waals surface area contributed by atoms with Crippen molar-refractivity contribution in [2.75, 3.05) is 25.5 Å². The zero-order chi connectivity index (χ0) is 23.5. The van der Waals surface area contributed by atoms with E-state index in [2.05, 4.69) is 56.5 Å². The molecule has 1 aliphatic heterocycles. The van der Waals surface area contributed by atoms with E-state index in [9.17, 15) is 0 Å². The standard InChI is InChI=1S/C26H29ClN6O/c1-18-11-12-32(15-18)16-20-3-5-21(6-4-20)17-33-25-23(14-29-33)24(30-26(27)31-25)28-13-19-7-9-22(34-2)10-8-19/h3-10,14,18H,11-13,15-17H2,1-2H3,(H,28,30,31). The van der Waals surface area contributed by atoms with Gasteiger partial charge in [0.25, 0.3) is 0 Å². The van der Waals surface area contributed by atoms with E-state index in [1.165, 1.54) is 30.6 Å². The molecule has 3 heterocycles. The van der Waals surface area contributed by atoms with Gasteiger partial charge in [0.15, 0.2) is 5.65 Å². The van der Waals surface area contributed by atoms with E-state index in [4.69, 9.17) is 16.3 Å². The fourth-order valence-corrected chi connectivity index (χ4v) is 4.62. The molecule has 0 saturated carbocycles. The number of benzene rings is 2. The Morgan fingerprint density at radius 2 is 1.71 bits per heavy atom. The predicted molar refractivity (Wildman–Crippen MR) is 135 cm³/mol. The van der Waals surface area contributed by atoms with Gasteiger partial charge in [0.2, 0.25) is 5.28 Å². The van der Waals surface area contributed by atoms with E-state index in [-0.39, 0.29) is 5.28 Å². The van der Waals surface area contributed by atoms with Crippen molar-refractivity contribution in [2.45, 2.75) is 33.0 Å². The first-order valence-corrected chi connectivity index (χ1v) is 12.0. The molecule has 0 radical (unpaired) electrons. The number of likely N-dealkylation sites (tertiary alicyclic amines) is 1. The number of hydrogen-bond acceptors (Lipinski definition) is 6. The van der Waals surface area contributed by atoms with Crippen molar-refractivity contribution in [1.82, 2.24) is 24.6 Å². The first-order chi connectivity index (χ1) is 16.6. The van der Waals surface area contributed by atoms with Crippen LogP contribution in [0, 0.1) is 5.92 Å². The third-order valence-corrected chi connectivity index (χ3v) is 6.53. The monoisotopic (exact) mass is 476 g/mol. The van der Waals surface area contributed by atoms with Crippen molar-refractivity contribution in [3.8, 4) is 5.75 Å². The molecule has 1 aliphatic rings. The van der Waals surface area contributed by atoms with Gasteiger partial charge in [-0.15, -0.1) is 0 Å². The van der Waals surface area contributed by atoms with E-state index in [1.54, 1.807) is 13.3 Å². The van der Waals surface area contributed by atoms with Crippen LogP contribution >= 0.6 is 11.6 Å². The summed E-state index contributed by atoms with van der Waals surface area (Å²) in [5.41, 5.74) is 4.34. The van der Waals surface area contributed by atoms with Crippen LogP contribution in [-0.2, 0) is 19.6 Å². The highest BCUT2D eigenvalue weighted by molar-refractivity contribution is 6.28. The van der Waals surface area contributed by atoms with Gasteiger partial charge in [-0.1, -0.05) is 43.3 Å². The molecule has 0 bridgehead atoms. The highest BCUT2D eigenvalue weighted by Gasteiger charge is 2.18. The van der Waals surface area contributed by atoms with Crippen LogP contribution in [0.1, 0.15) is 30.0 Å². The lowest BCUT2D eigenvalue weighted by atomic mass is 10.1. The number of halogens is 1. The Kier molecular flexibility index (Phi) is 6.65. The van der Waals surface area contributed by atoms with E-state index in [0.29, 0.717) is 24.6 Å².